The van der Waals surface area contributed by atoms with Crippen LogP contribution in [0, 0.1) is 0 Å². The third-order valence-corrected chi connectivity index (χ3v) is 13.0. The number of hydrogen-bond acceptors (Lipinski definition) is 4. The minimum Gasteiger partial charge on any atom is -0.455 e. The summed E-state index contributed by atoms with van der Waals surface area (Å²) in [6.07, 6.45) is 0. The van der Waals surface area contributed by atoms with Gasteiger partial charge in [0.1, 0.15) is 11.2 Å². The Morgan fingerprint density at radius 3 is 1.40 bits per heavy atom. The third-order valence-electron chi connectivity index (χ3n) is 13.0. The normalized spacial score (nSPS) is 13.0. The van der Waals surface area contributed by atoms with Gasteiger partial charge in [0.05, 0.1) is 5.41 Å². The van der Waals surface area contributed by atoms with Gasteiger partial charge in [-0.25, -0.2) is 15.0 Å². The number of aromatic nitrogens is 3. The van der Waals surface area contributed by atoms with Crippen molar-refractivity contribution in [1.29, 1.82) is 0 Å². The monoisotopic (exact) mass is 789 g/mol. The lowest BCUT2D eigenvalue weighted by molar-refractivity contribution is 0.670. The lowest BCUT2D eigenvalue weighted by atomic mass is 9.68. The van der Waals surface area contributed by atoms with Crippen molar-refractivity contribution in [1.82, 2.24) is 15.0 Å². The Morgan fingerprint density at radius 1 is 0.290 bits per heavy atom. The molecule has 0 amide bonds. The van der Waals surface area contributed by atoms with Crippen LogP contribution >= 0.6 is 0 Å². The van der Waals surface area contributed by atoms with Gasteiger partial charge in [0, 0.05) is 33.0 Å². The summed E-state index contributed by atoms with van der Waals surface area (Å²) in [5.74, 6) is 1.85. The standard InChI is InChI=1S/C58H35N3O/c1-2-16-37(17-3-1)55-59-56(38-34-32-36(33-35-38)39-24-14-27-47-44-22-9-13-31-52(44)62-54(39)47)61-57(60-55)48-23-5-4-18-40(48)45-25-15-26-46-43-21-8-12-30-51(43)58(53(45)46)49-28-10-6-19-41(49)42-20-7-11-29-50(42)58/h1-35H. The van der Waals surface area contributed by atoms with Crippen molar-refractivity contribution in [3.05, 3.63) is 235 Å². The molecule has 2 aliphatic carbocycles. The molecule has 0 saturated carbocycles. The van der Waals surface area contributed by atoms with Gasteiger partial charge in [-0.2, -0.15) is 0 Å². The van der Waals surface area contributed by atoms with Crippen LogP contribution in [0.25, 0.3) is 101 Å². The van der Waals surface area contributed by atoms with Gasteiger partial charge in [-0.15, -0.1) is 0 Å². The summed E-state index contributed by atoms with van der Waals surface area (Å²) in [6.45, 7) is 0. The average molecular weight is 790 g/mol. The fourth-order valence-corrected chi connectivity index (χ4v) is 10.4. The summed E-state index contributed by atoms with van der Waals surface area (Å²) >= 11 is 0. The smallest absolute Gasteiger partial charge is 0.164 e. The summed E-state index contributed by atoms with van der Waals surface area (Å²) in [7, 11) is 0. The van der Waals surface area contributed by atoms with Crippen molar-refractivity contribution in [2.75, 3.05) is 0 Å². The molecule has 0 N–H and O–H groups in total. The second-order valence-electron chi connectivity index (χ2n) is 16.2. The van der Waals surface area contributed by atoms with Crippen LogP contribution < -0.4 is 0 Å². The molecule has 13 rings (SSSR count). The van der Waals surface area contributed by atoms with Gasteiger partial charge in [0.15, 0.2) is 17.5 Å². The summed E-state index contributed by atoms with van der Waals surface area (Å²) in [6, 6.07) is 75.5. The van der Waals surface area contributed by atoms with Crippen molar-refractivity contribution < 1.29 is 4.42 Å². The van der Waals surface area contributed by atoms with E-state index in [4.69, 9.17) is 19.4 Å². The number of para-hydroxylation sites is 2. The minimum absolute atomic E-state index is 0.503. The van der Waals surface area contributed by atoms with Crippen molar-refractivity contribution in [2.24, 2.45) is 0 Å². The van der Waals surface area contributed by atoms with Gasteiger partial charge in [-0.3, -0.25) is 0 Å². The van der Waals surface area contributed by atoms with Gasteiger partial charge < -0.3 is 4.42 Å². The predicted molar refractivity (Wildman–Crippen MR) is 251 cm³/mol. The second-order valence-corrected chi connectivity index (χ2v) is 16.2. The predicted octanol–water partition coefficient (Wildman–Crippen LogP) is 14.4. The average Bonchev–Trinajstić information content (AvgIpc) is 3.99. The van der Waals surface area contributed by atoms with E-state index in [2.05, 4.69) is 182 Å². The molecule has 1 spiro atoms. The first kappa shape index (κ1) is 34.6. The highest BCUT2D eigenvalue weighted by Gasteiger charge is 2.52. The highest BCUT2D eigenvalue weighted by molar-refractivity contribution is 6.09. The van der Waals surface area contributed by atoms with Crippen LogP contribution in [-0.2, 0) is 5.41 Å². The zero-order valence-electron chi connectivity index (χ0n) is 33.5. The molecule has 0 fully saturated rings. The van der Waals surface area contributed by atoms with E-state index in [0.717, 1.165) is 60.9 Å². The highest BCUT2D eigenvalue weighted by Crippen LogP contribution is 2.64. The minimum atomic E-state index is -0.503. The number of hydrogen-bond donors (Lipinski definition) is 0. The van der Waals surface area contributed by atoms with E-state index in [-0.39, 0.29) is 0 Å². The molecule has 0 radical (unpaired) electrons. The number of furan rings is 1. The number of fused-ring (bicyclic) bond motifs is 13. The molecule has 288 valence electrons. The molecular formula is C58H35N3O. The molecule has 0 unspecified atom stereocenters. The van der Waals surface area contributed by atoms with Crippen molar-refractivity contribution in [3.8, 4) is 78.7 Å². The third kappa shape index (κ3) is 4.92. The van der Waals surface area contributed by atoms with Gasteiger partial charge in [-0.1, -0.05) is 206 Å². The lowest BCUT2D eigenvalue weighted by Crippen LogP contribution is -2.26. The van der Waals surface area contributed by atoms with Gasteiger partial charge in [0.2, 0.25) is 0 Å². The molecular weight excluding hydrogens is 755 g/mol. The molecule has 11 aromatic rings. The van der Waals surface area contributed by atoms with Crippen LogP contribution in [0.5, 0.6) is 0 Å². The Hall–Kier alpha value is -8.21. The van der Waals surface area contributed by atoms with E-state index in [9.17, 15) is 0 Å². The maximum absolute atomic E-state index is 6.41. The Kier molecular flexibility index (Phi) is 7.49. The number of benzene rings is 9. The zero-order chi connectivity index (χ0) is 40.8. The van der Waals surface area contributed by atoms with Crippen LogP contribution in [0.15, 0.2) is 217 Å². The topological polar surface area (TPSA) is 51.8 Å². The van der Waals surface area contributed by atoms with Crippen molar-refractivity contribution >= 4 is 21.9 Å². The van der Waals surface area contributed by atoms with Gasteiger partial charge in [0.25, 0.3) is 0 Å². The molecule has 9 aromatic carbocycles. The van der Waals surface area contributed by atoms with Crippen molar-refractivity contribution in [2.45, 2.75) is 5.41 Å². The molecule has 62 heavy (non-hydrogen) atoms. The molecule has 2 heterocycles. The molecule has 2 aromatic heterocycles. The quantitative estimate of drug-likeness (QED) is 0.174. The van der Waals surface area contributed by atoms with E-state index in [1.54, 1.807) is 0 Å². The maximum Gasteiger partial charge on any atom is 0.164 e. The number of rotatable bonds is 5. The van der Waals surface area contributed by atoms with Gasteiger partial charge >= 0.3 is 0 Å². The van der Waals surface area contributed by atoms with E-state index in [1.165, 1.54) is 44.5 Å². The first-order valence-corrected chi connectivity index (χ1v) is 21.1. The van der Waals surface area contributed by atoms with E-state index in [1.807, 2.05) is 30.3 Å². The Balaban J connectivity index is 1.00. The van der Waals surface area contributed by atoms with Crippen molar-refractivity contribution in [3.63, 3.8) is 0 Å². The zero-order valence-corrected chi connectivity index (χ0v) is 33.5. The Labute approximate surface area is 358 Å². The largest absolute Gasteiger partial charge is 0.455 e. The molecule has 4 nitrogen and oxygen atoms in total. The fourth-order valence-electron chi connectivity index (χ4n) is 10.4. The van der Waals surface area contributed by atoms with E-state index >= 15 is 0 Å². The number of nitrogens with zero attached hydrogens (tertiary/aromatic N) is 3. The van der Waals surface area contributed by atoms with Crippen LogP contribution in [0.1, 0.15) is 22.3 Å². The molecule has 0 saturated heterocycles. The second kappa shape index (κ2) is 13.4. The summed E-state index contributed by atoms with van der Waals surface area (Å²) in [5, 5.41) is 2.22. The first-order valence-electron chi connectivity index (χ1n) is 21.1. The Bertz CT molecular complexity index is 3520. The van der Waals surface area contributed by atoms with Gasteiger partial charge in [-0.05, 0) is 67.3 Å². The summed E-state index contributed by atoms with van der Waals surface area (Å²) in [4.78, 5) is 15.7. The summed E-state index contributed by atoms with van der Waals surface area (Å²) in [5.41, 5.74) is 18.7. The molecule has 0 aliphatic heterocycles. The van der Waals surface area contributed by atoms with E-state index in [0.29, 0.717) is 17.5 Å². The highest BCUT2D eigenvalue weighted by atomic mass is 16.3. The van der Waals surface area contributed by atoms with Crippen LogP contribution in [0.3, 0.4) is 0 Å². The lowest BCUT2D eigenvalue weighted by Gasteiger charge is -2.32. The van der Waals surface area contributed by atoms with Crippen LogP contribution in [0.2, 0.25) is 0 Å². The first-order chi connectivity index (χ1) is 30.8. The maximum atomic E-state index is 6.41. The fraction of sp³-hybridized carbons (Fsp3) is 0.0172. The van der Waals surface area contributed by atoms with Crippen LogP contribution in [-0.4, -0.2) is 15.0 Å². The Morgan fingerprint density at radius 2 is 0.726 bits per heavy atom. The molecule has 2 aliphatic rings. The van der Waals surface area contributed by atoms with E-state index < -0.39 is 5.41 Å². The molecule has 0 atom stereocenters. The SMILES string of the molecule is c1ccc(-c2nc(-c3ccc(-c4cccc5c4oc4ccccc45)cc3)nc(-c3ccccc3-c3cccc4c3C3(c5ccccc5-c5ccccc53)c3ccccc3-4)n2)cc1. The molecule has 0 bridgehead atoms. The van der Waals surface area contributed by atoms with Crippen LogP contribution in [0.4, 0.5) is 0 Å². The summed E-state index contributed by atoms with van der Waals surface area (Å²) < 4.78 is 6.41. The molecule has 4 heteroatoms.